The predicted molar refractivity (Wildman–Crippen MR) is 273 cm³/mol. The lowest BCUT2D eigenvalue weighted by Crippen LogP contribution is -2.64. The van der Waals surface area contributed by atoms with Crippen LogP contribution < -0.4 is 71.6 Å². The van der Waals surface area contributed by atoms with Crippen LogP contribution in [0.2, 0.25) is 0 Å². The quantitative estimate of drug-likeness (QED) is 0.140. The Balaban J connectivity index is 1.03. The molecule has 0 amide bonds. The second-order valence-electron chi connectivity index (χ2n) is 17.9. The molecule has 0 aliphatic carbocycles. The first kappa shape index (κ1) is 36.5. The number of hydrogen-bond acceptors (Lipinski definition) is 8. The van der Waals surface area contributed by atoms with Gasteiger partial charge in [0.1, 0.15) is 34.5 Å². The Labute approximate surface area is 379 Å². The lowest BCUT2D eigenvalue weighted by Gasteiger charge is -2.41. The fourth-order valence-electron chi connectivity index (χ4n) is 11.5. The van der Waals surface area contributed by atoms with E-state index in [1.807, 2.05) is 22.7 Å². The topological polar surface area (TPSA) is 43.0 Å². The van der Waals surface area contributed by atoms with Crippen LogP contribution in [0.15, 0.2) is 109 Å². The third-order valence-corrected chi connectivity index (χ3v) is 17.2. The molecule has 14 rings (SSSR count). The van der Waals surface area contributed by atoms with Gasteiger partial charge in [0, 0.05) is 53.0 Å². The lowest BCUT2D eigenvalue weighted by molar-refractivity contribution is 0.487. The van der Waals surface area contributed by atoms with Gasteiger partial charge in [-0.2, -0.15) is 0 Å². The molecule has 0 unspecified atom stereocenters. The summed E-state index contributed by atoms with van der Waals surface area (Å²) in [4.78, 5) is 0. The number of nitrogens with one attached hydrogen (secondary N) is 1. The number of nitrogens with zero attached hydrogens (tertiary/aromatic N) is 1. The summed E-state index contributed by atoms with van der Waals surface area (Å²) < 4.78 is 28.3. The molecule has 1 N–H and O–H groups in total. The van der Waals surface area contributed by atoms with Gasteiger partial charge in [0.05, 0.1) is 5.69 Å². The Morgan fingerprint density at radius 2 is 1.10 bits per heavy atom. The zero-order chi connectivity index (χ0) is 42.2. The van der Waals surface area contributed by atoms with Crippen molar-refractivity contribution in [2.45, 2.75) is 34.6 Å². The van der Waals surface area contributed by atoms with Gasteiger partial charge in [-0.1, -0.05) is 59.1 Å². The highest BCUT2D eigenvalue weighted by Crippen LogP contribution is 2.44. The maximum Gasteiger partial charge on any atom is 0.268 e. The Morgan fingerprint density at radius 1 is 0.492 bits per heavy atom. The fraction of sp³-hybridized carbons (Fsp3) is 0.115. The molecular weight excluding hydrogens is 829 g/mol. The first-order chi connectivity index (χ1) is 30.7. The molecule has 0 bridgehead atoms. The zero-order valence-corrected chi connectivity index (χ0v) is 38.0. The van der Waals surface area contributed by atoms with Crippen LogP contribution in [0.3, 0.4) is 0 Å². The molecule has 0 radical (unpaired) electrons. The van der Waals surface area contributed by atoms with E-state index in [9.17, 15) is 0 Å². The molecule has 5 aliphatic rings. The minimum atomic E-state index is -0.0664. The number of fused-ring (bicyclic) bond motifs is 14. The summed E-state index contributed by atoms with van der Waals surface area (Å²) in [6.07, 6.45) is 2.19. The van der Waals surface area contributed by atoms with Crippen LogP contribution in [0.25, 0.3) is 20.2 Å². The number of anilines is 4. The summed E-state index contributed by atoms with van der Waals surface area (Å²) in [5, 5.41) is 6.29. The Bertz CT molecular complexity index is 3580. The average Bonchev–Trinajstić information content (AvgIpc) is 3.82. The molecule has 300 valence electrons. The third-order valence-electron chi connectivity index (χ3n) is 14.0. The van der Waals surface area contributed by atoms with E-state index in [-0.39, 0.29) is 20.1 Å². The maximum absolute atomic E-state index is 7.09. The van der Waals surface area contributed by atoms with Crippen molar-refractivity contribution in [3.63, 3.8) is 0 Å². The largest absolute Gasteiger partial charge is 0.458 e. The van der Waals surface area contributed by atoms with Crippen molar-refractivity contribution in [2.24, 2.45) is 0 Å². The number of hydrogen-bond donors (Lipinski definition) is 1. The summed E-state index contributed by atoms with van der Waals surface area (Å²) in [6.45, 7) is 11.0. The smallest absolute Gasteiger partial charge is 0.268 e. The van der Waals surface area contributed by atoms with E-state index in [2.05, 4.69) is 160 Å². The van der Waals surface area contributed by atoms with Crippen LogP contribution >= 0.6 is 34.6 Å². The van der Waals surface area contributed by atoms with E-state index < -0.39 is 0 Å². The van der Waals surface area contributed by atoms with E-state index in [0.717, 1.165) is 45.9 Å². The van der Waals surface area contributed by atoms with Crippen molar-refractivity contribution >= 4 is 145 Å². The van der Waals surface area contributed by atoms with Gasteiger partial charge in [0.2, 0.25) is 0 Å². The van der Waals surface area contributed by atoms with Crippen LogP contribution in [0.5, 0.6) is 34.5 Å². The van der Waals surface area contributed by atoms with E-state index in [4.69, 9.17) is 14.2 Å². The van der Waals surface area contributed by atoms with Gasteiger partial charge in [-0.25, -0.2) is 0 Å². The van der Waals surface area contributed by atoms with E-state index in [1.165, 1.54) is 107 Å². The first-order valence-electron chi connectivity index (χ1n) is 21.6. The van der Waals surface area contributed by atoms with Gasteiger partial charge >= 0.3 is 0 Å². The molecule has 11 heteroatoms. The molecule has 5 nitrogen and oxygen atoms in total. The molecule has 0 spiro atoms. The van der Waals surface area contributed by atoms with Gasteiger partial charge in [-0.3, -0.25) is 4.31 Å². The van der Waals surface area contributed by atoms with Crippen molar-refractivity contribution in [1.82, 2.24) is 0 Å². The highest BCUT2D eigenvalue weighted by Gasteiger charge is 2.47. The SMILES string of the molecule is CSN1c2cc3c(cc2B2c4cc(B5c6sc7ccccc7c6Oc6cc(C)cc(C)c65)c(C)cc4Oc4cc(C)cc1c42)B1c2sc4ccccc4c2Oc2cc(C)cc(c21)N3. The van der Waals surface area contributed by atoms with Crippen molar-refractivity contribution in [3.05, 3.63) is 137 Å². The third kappa shape index (κ3) is 4.93. The Kier molecular flexibility index (Phi) is 7.42. The molecule has 7 aromatic carbocycles. The molecule has 0 saturated carbocycles. The minimum absolute atomic E-state index is 0.00331. The zero-order valence-electron chi connectivity index (χ0n) is 35.5. The highest BCUT2D eigenvalue weighted by atomic mass is 32.2. The van der Waals surface area contributed by atoms with Crippen LogP contribution in [0.4, 0.5) is 22.7 Å². The number of ether oxygens (including phenoxy) is 3. The molecular formula is C52H37B3N2O3S3. The monoisotopic (exact) mass is 866 g/mol. The predicted octanol–water partition coefficient (Wildman–Crippen LogP) is 8.31. The standard InChI is InChI=1S/C52H37B3N2O3S3/c1-25-15-29(5)46-41(18-25)59-49-30-11-7-9-13-44(30)62-51(49)54(46)32-22-35-40(21-28(32)4)58-43-20-27(3)17-39-48(43)53(35)34-23-33-36(24-38(34)57(39)61-6)56-37-16-26(2)19-42-47(37)55(33)52-50(60-42)31-12-8-10-14-45(31)63-52/h7-24,56H,1-6H3. The van der Waals surface area contributed by atoms with Crippen molar-refractivity contribution in [3.8, 4) is 34.5 Å². The first-order valence-corrected chi connectivity index (χ1v) is 24.4. The number of thiophene rings is 2. The molecule has 9 aromatic rings. The van der Waals surface area contributed by atoms with Gasteiger partial charge < -0.3 is 19.5 Å². The van der Waals surface area contributed by atoms with Gasteiger partial charge in [-0.15, -0.1) is 22.7 Å². The maximum atomic E-state index is 7.09. The lowest BCUT2D eigenvalue weighted by atomic mass is 9.31. The van der Waals surface area contributed by atoms with Gasteiger partial charge in [0.25, 0.3) is 20.1 Å². The number of benzene rings is 7. The summed E-state index contributed by atoms with van der Waals surface area (Å²) in [5.41, 5.74) is 19.4. The highest BCUT2D eigenvalue weighted by molar-refractivity contribution is 8.00. The molecule has 5 aliphatic heterocycles. The average molecular weight is 867 g/mol. The normalized spacial score (nSPS) is 14.3. The summed E-state index contributed by atoms with van der Waals surface area (Å²) in [5.74, 6) is 5.73. The van der Waals surface area contributed by atoms with Crippen LogP contribution in [0, 0.1) is 34.6 Å². The Hall–Kier alpha value is -6.00. The second-order valence-corrected chi connectivity index (χ2v) is 20.8. The molecule has 63 heavy (non-hydrogen) atoms. The second kappa shape index (κ2) is 12.8. The molecule has 7 heterocycles. The van der Waals surface area contributed by atoms with Crippen LogP contribution in [-0.4, -0.2) is 26.4 Å². The summed E-state index contributed by atoms with van der Waals surface area (Å²) >= 11 is 5.48. The summed E-state index contributed by atoms with van der Waals surface area (Å²) in [6, 6.07) is 40.8. The van der Waals surface area contributed by atoms with Crippen molar-refractivity contribution in [1.29, 1.82) is 0 Å². The van der Waals surface area contributed by atoms with E-state index in [0.29, 0.717) is 0 Å². The van der Waals surface area contributed by atoms with Crippen molar-refractivity contribution < 1.29 is 14.2 Å². The minimum Gasteiger partial charge on any atom is -0.458 e. The van der Waals surface area contributed by atoms with Crippen LogP contribution in [0.1, 0.15) is 27.8 Å². The van der Waals surface area contributed by atoms with Gasteiger partial charge in [0.15, 0.2) is 0 Å². The van der Waals surface area contributed by atoms with Gasteiger partial charge in [-0.05, 0) is 163 Å². The molecule has 0 saturated heterocycles. The van der Waals surface area contributed by atoms with E-state index >= 15 is 0 Å². The van der Waals surface area contributed by atoms with Crippen LogP contribution in [-0.2, 0) is 0 Å². The molecule has 2 aromatic heterocycles. The number of aryl methyl sites for hydroxylation is 5. The molecule has 0 fully saturated rings. The number of rotatable bonds is 2. The fourth-order valence-corrected chi connectivity index (χ4v) is 14.7. The Morgan fingerprint density at radius 3 is 1.79 bits per heavy atom. The van der Waals surface area contributed by atoms with Crippen molar-refractivity contribution in [2.75, 3.05) is 15.9 Å². The van der Waals surface area contributed by atoms with E-state index in [1.54, 1.807) is 11.9 Å². The summed E-state index contributed by atoms with van der Waals surface area (Å²) in [7, 11) is 0. The molecule has 0 atom stereocenters.